The normalized spacial score (nSPS) is 13.9. The van der Waals surface area contributed by atoms with E-state index in [4.69, 9.17) is 10.5 Å². The van der Waals surface area contributed by atoms with Crippen molar-refractivity contribution in [3.05, 3.63) is 58.0 Å². The molecule has 2 aromatic rings. The van der Waals surface area contributed by atoms with E-state index in [9.17, 15) is 18.8 Å². The van der Waals surface area contributed by atoms with Gasteiger partial charge in [0.25, 0.3) is 0 Å². The summed E-state index contributed by atoms with van der Waals surface area (Å²) < 4.78 is 19.3. The highest BCUT2D eigenvalue weighted by atomic mass is 19.1. The molecule has 0 bridgehead atoms. The van der Waals surface area contributed by atoms with Gasteiger partial charge in [-0.2, -0.15) is 0 Å². The van der Waals surface area contributed by atoms with E-state index < -0.39 is 23.4 Å². The van der Waals surface area contributed by atoms with E-state index in [0.29, 0.717) is 5.69 Å². The predicted molar refractivity (Wildman–Crippen MR) is 88.5 cm³/mol. The zero-order chi connectivity index (χ0) is 18.5. The third-order valence-electron chi connectivity index (χ3n) is 4.37. The summed E-state index contributed by atoms with van der Waals surface area (Å²) in [4.78, 5) is 37.7. The Balaban J connectivity index is 2.42. The van der Waals surface area contributed by atoms with Crippen LogP contribution in [0, 0.1) is 5.82 Å². The topological polar surface area (TPSA) is 91.4 Å². The Hall–Kier alpha value is -3.22. The molecule has 0 aliphatic heterocycles. The smallest absolute Gasteiger partial charge is 0.342 e. The van der Waals surface area contributed by atoms with E-state index >= 15 is 0 Å². The number of hydrogen-bond acceptors (Lipinski definition) is 5. The van der Waals surface area contributed by atoms with Gasteiger partial charge in [-0.1, -0.05) is 0 Å². The third kappa shape index (κ3) is 2.27. The number of carbonyl (C=O) groups is 3. The maximum atomic E-state index is 13.2. The number of nitrogens with zero attached hydrogens (tertiary/aromatic N) is 1. The lowest BCUT2D eigenvalue weighted by atomic mass is 9.87. The molecule has 0 saturated carbocycles. The van der Waals surface area contributed by atoms with Crippen LogP contribution >= 0.6 is 0 Å². The number of fused-ring (bicyclic) bond motifs is 1. The second kappa shape index (κ2) is 5.70. The largest absolute Gasteiger partial charge is 0.465 e. The van der Waals surface area contributed by atoms with Gasteiger partial charge in [-0.3, -0.25) is 14.2 Å². The number of nitrogen functional groups attached to an aromatic ring is 1. The van der Waals surface area contributed by atoms with Crippen LogP contribution in [0.25, 0.3) is 5.69 Å². The number of rotatable bonds is 2. The molecular formula is C18H15FN2O4. The lowest BCUT2D eigenvalue weighted by molar-refractivity contribution is 0.0599. The van der Waals surface area contributed by atoms with Crippen molar-refractivity contribution in [1.29, 1.82) is 0 Å². The van der Waals surface area contributed by atoms with Crippen LogP contribution in [-0.4, -0.2) is 29.2 Å². The second-order valence-electron chi connectivity index (χ2n) is 5.70. The lowest BCUT2D eigenvalue weighted by Crippen LogP contribution is -2.22. The number of methoxy groups -OCH3 is 1. The summed E-state index contributed by atoms with van der Waals surface area (Å²) in [6.45, 7) is 3.06. The number of Topliss-reactive ketones (excluding diaryl/α,β-unsaturated/α-hetero) is 2. The molecule has 1 aromatic heterocycles. The van der Waals surface area contributed by atoms with Crippen LogP contribution in [0.3, 0.4) is 0 Å². The number of anilines is 1. The Kier molecular flexibility index (Phi) is 3.79. The highest BCUT2D eigenvalue weighted by Crippen LogP contribution is 2.36. The van der Waals surface area contributed by atoms with Gasteiger partial charge in [0.2, 0.25) is 5.78 Å². The second-order valence-corrected chi connectivity index (χ2v) is 5.70. The lowest BCUT2D eigenvalue weighted by Gasteiger charge is -2.17. The van der Waals surface area contributed by atoms with E-state index in [0.717, 1.165) is 7.11 Å². The molecular weight excluding hydrogens is 327 g/mol. The SMILES string of the molecule is COC(=O)c1c2c(n(-c3ccc(F)cc3)c1N)C(=O)C(C)=C(C)C2=O. The number of esters is 1. The molecule has 0 radical (unpaired) electrons. The summed E-state index contributed by atoms with van der Waals surface area (Å²) in [5.41, 5.74) is 6.72. The standard InChI is InChI=1S/C18H15FN2O4/c1-8-9(2)16(23)14-12(15(8)22)13(18(24)25-3)17(20)21(14)11-6-4-10(19)5-7-11/h4-7H,20H2,1-3H3. The molecule has 0 saturated heterocycles. The Bertz CT molecular complexity index is 968. The minimum Gasteiger partial charge on any atom is -0.465 e. The number of halogens is 1. The number of carbonyl (C=O) groups excluding carboxylic acids is 3. The van der Waals surface area contributed by atoms with Crippen LogP contribution in [-0.2, 0) is 4.74 Å². The number of ether oxygens (including phenoxy) is 1. The summed E-state index contributed by atoms with van der Waals surface area (Å²) in [5.74, 6) is -2.26. The fourth-order valence-electron chi connectivity index (χ4n) is 2.90. The van der Waals surface area contributed by atoms with Gasteiger partial charge in [-0.05, 0) is 38.1 Å². The fourth-order valence-corrected chi connectivity index (χ4v) is 2.90. The van der Waals surface area contributed by atoms with Gasteiger partial charge in [-0.25, -0.2) is 9.18 Å². The number of hydrogen-bond donors (Lipinski definition) is 1. The minimum atomic E-state index is -0.817. The maximum Gasteiger partial charge on any atom is 0.342 e. The van der Waals surface area contributed by atoms with Crippen molar-refractivity contribution in [3.63, 3.8) is 0 Å². The van der Waals surface area contributed by atoms with E-state index in [1.165, 1.54) is 42.7 Å². The van der Waals surface area contributed by atoms with E-state index in [-0.39, 0.29) is 33.8 Å². The van der Waals surface area contributed by atoms with Crippen molar-refractivity contribution in [2.75, 3.05) is 12.8 Å². The van der Waals surface area contributed by atoms with Crippen LogP contribution in [0.4, 0.5) is 10.2 Å². The first kappa shape index (κ1) is 16.6. The van der Waals surface area contributed by atoms with Gasteiger partial charge >= 0.3 is 5.97 Å². The van der Waals surface area contributed by atoms with Crippen LogP contribution in [0.2, 0.25) is 0 Å². The molecule has 1 aliphatic rings. The molecule has 0 amide bonds. The Labute approximate surface area is 142 Å². The molecule has 0 unspecified atom stereocenters. The van der Waals surface area contributed by atoms with Gasteiger partial charge in [0.1, 0.15) is 22.9 Å². The average molecular weight is 342 g/mol. The summed E-state index contributed by atoms with van der Waals surface area (Å²) >= 11 is 0. The molecule has 7 heteroatoms. The van der Waals surface area contributed by atoms with Gasteiger partial charge in [0, 0.05) is 16.8 Å². The minimum absolute atomic E-state index is 0.0161. The molecule has 128 valence electrons. The highest BCUT2D eigenvalue weighted by Gasteiger charge is 2.39. The molecule has 25 heavy (non-hydrogen) atoms. The van der Waals surface area contributed by atoms with Gasteiger partial charge < -0.3 is 10.5 Å². The number of aromatic nitrogens is 1. The molecule has 1 heterocycles. The first-order valence-electron chi connectivity index (χ1n) is 7.44. The van der Waals surface area contributed by atoms with E-state index in [1.54, 1.807) is 0 Å². The number of allylic oxidation sites excluding steroid dienone is 2. The molecule has 2 N–H and O–H groups in total. The predicted octanol–water partition coefficient (Wildman–Crippen LogP) is 2.70. The number of benzene rings is 1. The zero-order valence-electron chi connectivity index (χ0n) is 13.8. The Morgan fingerprint density at radius 1 is 1.08 bits per heavy atom. The highest BCUT2D eigenvalue weighted by molar-refractivity contribution is 6.30. The summed E-state index contributed by atoms with van der Waals surface area (Å²) in [6, 6.07) is 5.21. The van der Waals surface area contributed by atoms with Crippen LogP contribution in [0.15, 0.2) is 35.4 Å². The molecule has 3 rings (SSSR count). The van der Waals surface area contributed by atoms with Gasteiger partial charge in [-0.15, -0.1) is 0 Å². The van der Waals surface area contributed by atoms with E-state index in [2.05, 4.69) is 0 Å². The van der Waals surface area contributed by atoms with Crippen molar-refractivity contribution in [2.24, 2.45) is 0 Å². The quantitative estimate of drug-likeness (QED) is 0.847. The average Bonchev–Trinajstić information content (AvgIpc) is 2.91. The monoisotopic (exact) mass is 342 g/mol. The van der Waals surface area contributed by atoms with Gasteiger partial charge in [0.15, 0.2) is 5.78 Å². The maximum absolute atomic E-state index is 13.2. The van der Waals surface area contributed by atoms with Crippen molar-refractivity contribution < 1.29 is 23.5 Å². The number of nitrogens with two attached hydrogens (primary N) is 1. The number of ketones is 2. The first-order valence-corrected chi connectivity index (χ1v) is 7.44. The van der Waals surface area contributed by atoms with Crippen LogP contribution < -0.4 is 5.73 Å². The van der Waals surface area contributed by atoms with Crippen molar-refractivity contribution in [1.82, 2.24) is 4.57 Å². The molecule has 0 fully saturated rings. The molecule has 1 aromatic carbocycles. The van der Waals surface area contributed by atoms with Crippen LogP contribution in [0.1, 0.15) is 45.1 Å². The van der Waals surface area contributed by atoms with E-state index in [1.807, 2.05) is 0 Å². The summed E-state index contributed by atoms with van der Waals surface area (Å²) in [6.07, 6.45) is 0. The van der Waals surface area contributed by atoms with Gasteiger partial charge in [0.05, 0.1) is 12.7 Å². The molecule has 0 atom stereocenters. The molecule has 1 aliphatic carbocycles. The van der Waals surface area contributed by atoms with Crippen molar-refractivity contribution in [3.8, 4) is 5.69 Å². The summed E-state index contributed by atoms with van der Waals surface area (Å²) in [5, 5.41) is 0. The Morgan fingerprint density at radius 2 is 1.64 bits per heavy atom. The van der Waals surface area contributed by atoms with Crippen LogP contribution in [0.5, 0.6) is 0 Å². The summed E-state index contributed by atoms with van der Waals surface area (Å²) in [7, 11) is 1.16. The Morgan fingerprint density at radius 3 is 2.20 bits per heavy atom. The molecule has 6 nitrogen and oxygen atoms in total. The molecule has 0 spiro atoms. The zero-order valence-corrected chi connectivity index (χ0v) is 13.8. The van der Waals surface area contributed by atoms with Crippen molar-refractivity contribution in [2.45, 2.75) is 13.8 Å². The first-order chi connectivity index (χ1) is 11.8. The third-order valence-corrected chi connectivity index (χ3v) is 4.37. The van der Waals surface area contributed by atoms with Crippen molar-refractivity contribution >= 4 is 23.4 Å². The fraction of sp³-hybridized carbons (Fsp3) is 0.167.